The van der Waals surface area contributed by atoms with E-state index in [2.05, 4.69) is 72.2 Å². The van der Waals surface area contributed by atoms with E-state index in [0.29, 0.717) is 24.2 Å². The Labute approximate surface area is 200 Å². The minimum atomic E-state index is -1.45. The number of hydrogen-bond donors (Lipinski definition) is 2. The third-order valence-corrected chi connectivity index (χ3v) is 6.00. The highest BCUT2D eigenvalue weighted by atomic mass is 28.3. The van der Waals surface area contributed by atoms with Gasteiger partial charge in [-0.2, -0.15) is 0 Å². The molecule has 0 amide bonds. The molecule has 2 rings (SSSR count). The predicted molar refractivity (Wildman–Crippen MR) is 146 cm³/mol. The number of rotatable bonds is 6. The van der Waals surface area contributed by atoms with Crippen LogP contribution in [0.25, 0.3) is 0 Å². The van der Waals surface area contributed by atoms with Crippen LogP contribution < -0.4 is 0 Å². The highest BCUT2D eigenvalue weighted by molar-refractivity contribution is 6.84. The van der Waals surface area contributed by atoms with Crippen molar-refractivity contribution >= 4 is 28.6 Å². The van der Waals surface area contributed by atoms with Crippen LogP contribution >= 0.6 is 0 Å². The van der Waals surface area contributed by atoms with Crippen LogP contribution in [0.2, 0.25) is 39.3 Å². The number of benzene rings is 2. The molecule has 0 aliphatic carbocycles. The molecule has 0 atom stereocenters. The van der Waals surface area contributed by atoms with Crippen LogP contribution in [-0.2, 0) is 0 Å². The third kappa shape index (κ3) is 10.4. The molecule has 0 spiro atoms. The summed E-state index contributed by atoms with van der Waals surface area (Å²) in [7, 11) is -2.90. The van der Waals surface area contributed by atoms with Crippen molar-refractivity contribution in [3.8, 4) is 34.4 Å². The van der Waals surface area contributed by atoms with Crippen molar-refractivity contribution in [1.29, 1.82) is 0 Å². The van der Waals surface area contributed by atoms with Crippen LogP contribution in [-0.4, -0.2) is 51.9 Å². The van der Waals surface area contributed by atoms with Crippen LogP contribution in [0, 0.1) is 22.9 Å². The molecule has 0 heterocycles. The maximum absolute atomic E-state index is 10.1. The molecule has 2 aromatic carbocycles. The van der Waals surface area contributed by atoms with Gasteiger partial charge in [-0.1, -0.05) is 51.1 Å². The molecule has 0 saturated carbocycles. The van der Waals surface area contributed by atoms with Crippen LogP contribution in [0.4, 0.5) is 0 Å². The summed E-state index contributed by atoms with van der Waals surface area (Å²) in [6, 6.07) is 10.7. The fourth-order valence-electron chi connectivity index (χ4n) is 2.57. The normalized spacial score (nSPS) is 11.8. The molecule has 2 N–H and O–H groups in total. The summed E-state index contributed by atoms with van der Waals surface area (Å²) in [5, 5.41) is 20.2. The molecule has 2 aromatic rings. The Morgan fingerprint density at radius 1 is 0.697 bits per heavy atom. The van der Waals surface area contributed by atoms with E-state index in [-0.39, 0.29) is 11.5 Å². The third-order valence-electron chi connectivity index (χ3n) is 4.25. The van der Waals surface area contributed by atoms with E-state index in [1.54, 1.807) is 24.6 Å². The van der Waals surface area contributed by atoms with Gasteiger partial charge in [0, 0.05) is 47.8 Å². The molecule has 0 saturated heterocycles. The van der Waals surface area contributed by atoms with Crippen molar-refractivity contribution in [2.75, 3.05) is 13.1 Å². The molecule has 0 aliphatic rings. The highest BCUT2D eigenvalue weighted by Gasteiger charge is 2.08. The number of hydrogen-bond acceptors (Lipinski definition) is 4. The molecule has 0 aromatic heterocycles. The van der Waals surface area contributed by atoms with Gasteiger partial charge in [-0.3, -0.25) is 9.98 Å². The number of aromatic hydroxyl groups is 2. The zero-order chi connectivity index (χ0) is 24.5. The molecule has 0 bridgehead atoms. The second-order valence-corrected chi connectivity index (χ2v) is 19.5. The maximum Gasteiger partial charge on any atom is 0.129 e. The van der Waals surface area contributed by atoms with E-state index in [4.69, 9.17) is 0 Å². The van der Waals surface area contributed by atoms with Gasteiger partial charge in [0.25, 0.3) is 0 Å². The molecule has 0 fully saturated rings. The Bertz CT molecular complexity index is 1060. The topological polar surface area (TPSA) is 65.2 Å². The number of phenols is 2. The number of aliphatic imine (C=N–C) groups is 2. The van der Waals surface area contributed by atoms with Gasteiger partial charge in [-0.25, -0.2) is 0 Å². The quantitative estimate of drug-likeness (QED) is 0.252. The summed E-state index contributed by atoms with van der Waals surface area (Å²) >= 11 is 0. The van der Waals surface area contributed by atoms with Gasteiger partial charge in [-0.15, -0.1) is 11.1 Å². The molecule has 0 radical (unpaired) electrons. The summed E-state index contributed by atoms with van der Waals surface area (Å²) in [5.41, 5.74) is 9.78. The van der Waals surface area contributed by atoms with E-state index in [0.717, 1.165) is 17.5 Å². The van der Waals surface area contributed by atoms with E-state index >= 15 is 0 Å². The Hall–Kier alpha value is -3.07. The van der Waals surface area contributed by atoms with Crippen molar-refractivity contribution < 1.29 is 10.2 Å². The van der Waals surface area contributed by atoms with Crippen molar-refractivity contribution in [3.63, 3.8) is 0 Å². The second-order valence-electron chi connectivity index (χ2n) is 9.97. The Morgan fingerprint density at radius 3 is 1.45 bits per heavy atom. The maximum atomic E-state index is 10.1. The molecule has 0 aliphatic heterocycles. The molecule has 172 valence electrons. The lowest BCUT2D eigenvalue weighted by Gasteiger charge is -2.04. The summed E-state index contributed by atoms with van der Waals surface area (Å²) in [6.07, 6.45) is 4.13. The monoisotopic (exact) mass is 474 g/mol. The van der Waals surface area contributed by atoms with Crippen LogP contribution in [0.3, 0.4) is 0 Å². The summed E-state index contributed by atoms with van der Waals surface area (Å²) in [5.74, 6) is 6.80. The Morgan fingerprint density at radius 2 is 1.09 bits per heavy atom. The summed E-state index contributed by atoms with van der Waals surface area (Å²) in [4.78, 5) is 8.83. The van der Waals surface area contributed by atoms with Crippen molar-refractivity contribution in [2.24, 2.45) is 9.98 Å². The Balaban J connectivity index is 1.92. The second kappa shape index (κ2) is 11.7. The van der Waals surface area contributed by atoms with Crippen LogP contribution in [0.5, 0.6) is 11.5 Å². The van der Waals surface area contributed by atoms with Gasteiger partial charge in [-0.05, 0) is 42.8 Å². The van der Waals surface area contributed by atoms with Crippen LogP contribution in [0.15, 0.2) is 46.4 Å². The molecular formula is C27H34N2O2Si2. The first-order valence-corrected chi connectivity index (χ1v) is 18.1. The van der Waals surface area contributed by atoms with E-state index in [9.17, 15) is 10.2 Å². The number of nitrogens with zero attached hydrogens (tertiary/aromatic N) is 2. The molecular weight excluding hydrogens is 440 g/mol. The van der Waals surface area contributed by atoms with E-state index < -0.39 is 16.1 Å². The van der Waals surface area contributed by atoms with Crippen molar-refractivity contribution in [2.45, 2.75) is 45.7 Å². The zero-order valence-corrected chi connectivity index (χ0v) is 22.5. The fraction of sp³-hybridized carbons (Fsp3) is 0.333. The minimum absolute atomic E-state index is 0.197. The Kier molecular flexibility index (Phi) is 9.28. The first-order valence-electron chi connectivity index (χ1n) is 11.1. The van der Waals surface area contributed by atoms with Gasteiger partial charge in [0.1, 0.15) is 27.6 Å². The lowest BCUT2D eigenvalue weighted by molar-refractivity contribution is 0.474. The van der Waals surface area contributed by atoms with E-state index in [1.165, 1.54) is 0 Å². The van der Waals surface area contributed by atoms with Gasteiger partial charge >= 0.3 is 0 Å². The average Bonchev–Trinajstić information content (AvgIpc) is 2.72. The zero-order valence-electron chi connectivity index (χ0n) is 20.5. The van der Waals surface area contributed by atoms with Gasteiger partial charge in [0.15, 0.2) is 0 Å². The molecule has 0 unspecified atom stereocenters. The SMILES string of the molecule is C[Si](C)(C)C#Cc1ccc(O)c(C=NCCCN=Cc2cc(C#C[Si](C)(C)C)ccc2O)c1. The standard InChI is InChI=1S/C27H34N2O2Si2/c1-32(2,3)16-12-22-8-10-26(30)24(18-22)20-28-14-7-15-29-21-25-19-23(9-11-27(25)31)13-17-33(4,5)6/h8-11,18-21,30-31H,7,14-15H2,1-6H3. The largest absolute Gasteiger partial charge is 0.507 e. The average molecular weight is 475 g/mol. The summed E-state index contributed by atoms with van der Waals surface area (Å²) < 4.78 is 0. The lowest BCUT2D eigenvalue weighted by Crippen LogP contribution is -2.16. The molecule has 33 heavy (non-hydrogen) atoms. The van der Waals surface area contributed by atoms with E-state index in [1.807, 2.05) is 24.3 Å². The lowest BCUT2D eigenvalue weighted by atomic mass is 10.1. The summed E-state index contributed by atoms with van der Waals surface area (Å²) in [6.45, 7) is 14.4. The molecule has 4 nitrogen and oxygen atoms in total. The predicted octanol–water partition coefficient (Wildman–Crippen LogP) is 5.48. The molecule has 6 heteroatoms. The number of phenolic OH excluding ortho intramolecular Hbond substituents is 2. The van der Waals surface area contributed by atoms with Crippen LogP contribution in [0.1, 0.15) is 28.7 Å². The fourth-order valence-corrected chi connectivity index (χ4v) is 3.61. The van der Waals surface area contributed by atoms with Gasteiger partial charge in [0.2, 0.25) is 0 Å². The first-order chi connectivity index (χ1) is 15.4. The highest BCUT2D eigenvalue weighted by Crippen LogP contribution is 2.17. The minimum Gasteiger partial charge on any atom is -0.507 e. The first kappa shape index (κ1) is 26.2. The smallest absolute Gasteiger partial charge is 0.129 e. The van der Waals surface area contributed by atoms with Crippen molar-refractivity contribution in [3.05, 3.63) is 58.7 Å². The van der Waals surface area contributed by atoms with Gasteiger partial charge < -0.3 is 10.2 Å². The van der Waals surface area contributed by atoms with Gasteiger partial charge in [0.05, 0.1) is 0 Å². The van der Waals surface area contributed by atoms with Crippen molar-refractivity contribution in [1.82, 2.24) is 0 Å².